The lowest BCUT2D eigenvalue weighted by molar-refractivity contribution is -0.376. The summed E-state index contributed by atoms with van der Waals surface area (Å²) in [6.45, 7) is 14.5. The highest BCUT2D eigenvalue weighted by Crippen LogP contribution is 2.79. The van der Waals surface area contributed by atoms with E-state index in [1.54, 1.807) is 6.92 Å². The minimum atomic E-state index is -1.75. The van der Waals surface area contributed by atoms with Crippen LogP contribution in [0.2, 0.25) is 0 Å². The van der Waals surface area contributed by atoms with Crippen LogP contribution < -0.4 is 0 Å². The van der Waals surface area contributed by atoms with E-state index in [1.165, 1.54) is 0 Å². The molecule has 3 heterocycles. The lowest BCUT2D eigenvalue weighted by atomic mass is 9.32. The third-order valence-electron chi connectivity index (χ3n) is 18.1. The molecule has 22 atom stereocenters. The summed E-state index contributed by atoms with van der Waals surface area (Å²) < 4.78 is 31.5. The molecule has 0 amide bonds. The van der Waals surface area contributed by atoms with E-state index >= 15 is 0 Å². The number of hydrogen-bond acceptors (Lipinski definition) is 14. The normalized spacial score (nSPS) is 60.1. The van der Waals surface area contributed by atoms with Crippen molar-refractivity contribution in [3.8, 4) is 0 Å². The maximum Gasteiger partial charge on any atom is 0.187 e. The SMILES string of the molecule is CC1OC(OC2CCC3(C)C(CCC4(C)C3C=CC35OCC6(CC(O)C(C)(C)CC63)C(O)CC45C)C2(C)CO)C(OC2OC(CO)C(O)C(O)C2O)C(O)C1O. The number of rotatable bonds is 6. The maximum atomic E-state index is 12.1. The first-order chi connectivity index (χ1) is 26.1. The van der Waals surface area contributed by atoms with E-state index in [2.05, 4.69) is 46.8 Å². The molecule has 5 aliphatic carbocycles. The van der Waals surface area contributed by atoms with Crippen LogP contribution in [-0.2, 0) is 23.7 Å². The fourth-order valence-electron chi connectivity index (χ4n) is 14.3. The molecule has 1 spiro atoms. The van der Waals surface area contributed by atoms with E-state index in [1.807, 2.05) is 6.92 Å². The molecule has 22 unspecified atom stereocenters. The third kappa shape index (κ3) is 5.37. The van der Waals surface area contributed by atoms with Crippen molar-refractivity contribution in [1.82, 2.24) is 0 Å². The molecule has 3 aliphatic heterocycles. The van der Waals surface area contributed by atoms with Gasteiger partial charge in [-0.15, -0.1) is 0 Å². The summed E-state index contributed by atoms with van der Waals surface area (Å²) >= 11 is 0. The Morgan fingerprint density at radius 1 is 0.714 bits per heavy atom. The van der Waals surface area contributed by atoms with Gasteiger partial charge in [-0.1, -0.05) is 53.7 Å². The topological polar surface area (TPSA) is 228 Å². The Kier molecular flexibility index (Phi) is 10.2. The monoisotopic (exact) mass is 796 g/mol. The third-order valence-corrected chi connectivity index (χ3v) is 18.1. The number of fused-ring (bicyclic) bond motifs is 4. The van der Waals surface area contributed by atoms with Crippen LogP contribution in [0.5, 0.6) is 0 Å². The van der Waals surface area contributed by atoms with E-state index < -0.39 is 108 Å². The fraction of sp³-hybridized carbons (Fsp3) is 0.952. The van der Waals surface area contributed by atoms with Crippen molar-refractivity contribution in [2.75, 3.05) is 19.8 Å². The fourth-order valence-corrected chi connectivity index (χ4v) is 14.3. The first-order valence-corrected chi connectivity index (χ1v) is 21.0. The Morgan fingerprint density at radius 2 is 1.43 bits per heavy atom. The van der Waals surface area contributed by atoms with Gasteiger partial charge in [0.2, 0.25) is 0 Å². The smallest absolute Gasteiger partial charge is 0.187 e. The lowest BCUT2D eigenvalue weighted by Crippen LogP contribution is -2.73. The number of allylic oxidation sites excluding steroid dienone is 1. The van der Waals surface area contributed by atoms with E-state index in [-0.39, 0.29) is 40.6 Å². The average Bonchev–Trinajstić information content (AvgIpc) is 3.41. The van der Waals surface area contributed by atoms with Gasteiger partial charge in [0.25, 0.3) is 0 Å². The van der Waals surface area contributed by atoms with Gasteiger partial charge in [-0.05, 0) is 80.0 Å². The molecule has 0 aromatic heterocycles. The standard InChI is InChI=1S/C42H68O14/c1-20-28(47)31(50)33(56-34-32(51)30(49)29(48)21(17-43)54-34)35(53-20)55-27-10-11-37(4)22(38(27,5)18-44)8-12-39(6)23(37)9-13-42-24-14-36(2,3)25(45)16-41(24,19-52-42)26(46)15-40(39,42)7/h9,13,20-35,43-51H,8,10-12,14-19H2,1-7H3. The average molecular weight is 797 g/mol. The summed E-state index contributed by atoms with van der Waals surface area (Å²) in [5.74, 6) is 0.146. The molecule has 2 bridgehead atoms. The van der Waals surface area contributed by atoms with Crippen LogP contribution in [-0.4, -0.2) is 151 Å². The number of aliphatic hydroxyl groups is 9. The largest absolute Gasteiger partial charge is 0.396 e. The van der Waals surface area contributed by atoms with Gasteiger partial charge in [0.15, 0.2) is 12.6 Å². The zero-order valence-electron chi connectivity index (χ0n) is 34.0. The van der Waals surface area contributed by atoms with Crippen molar-refractivity contribution in [3.63, 3.8) is 0 Å². The van der Waals surface area contributed by atoms with Crippen molar-refractivity contribution < 1.29 is 69.6 Å². The van der Waals surface area contributed by atoms with Gasteiger partial charge >= 0.3 is 0 Å². The van der Waals surface area contributed by atoms with Crippen molar-refractivity contribution >= 4 is 0 Å². The molecule has 8 rings (SSSR count). The van der Waals surface area contributed by atoms with Crippen molar-refractivity contribution in [2.24, 2.45) is 50.2 Å². The maximum absolute atomic E-state index is 12.1. The second-order valence-corrected chi connectivity index (χ2v) is 21.0. The molecule has 9 N–H and O–H groups in total. The second-order valence-electron chi connectivity index (χ2n) is 21.0. The predicted molar refractivity (Wildman–Crippen MR) is 198 cm³/mol. The van der Waals surface area contributed by atoms with Crippen LogP contribution in [0.25, 0.3) is 0 Å². The minimum absolute atomic E-state index is 0.0127. The van der Waals surface area contributed by atoms with Crippen LogP contribution in [0.3, 0.4) is 0 Å². The van der Waals surface area contributed by atoms with Gasteiger partial charge in [0.05, 0.1) is 49.8 Å². The molecule has 0 radical (unpaired) electrons. The van der Waals surface area contributed by atoms with Gasteiger partial charge in [0, 0.05) is 22.2 Å². The van der Waals surface area contributed by atoms with Crippen molar-refractivity contribution in [1.29, 1.82) is 0 Å². The van der Waals surface area contributed by atoms with E-state index in [0.717, 1.165) is 25.7 Å². The molecule has 4 saturated carbocycles. The molecule has 8 aliphatic rings. The summed E-state index contributed by atoms with van der Waals surface area (Å²) in [6.07, 6.45) is -6.61. The van der Waals surface area contributed by atoms with Gasteiger partial charge in [-0.2, -0.15) is 0 Å². The van der Waals surface area contributed by atoms with E-state index in [4.69, 9.17) is 23.7 Å². The lowest BCUT2D eigenvalue weighted by Gasteiger charge is -2.73. The molecule has 7 fully saturated rings. The Hall–Kier alpha value is -0.820. The van der Waals surface area contributed by atoms with Crippen LogP contribution in [0.4, 0.5) is 0 Å². The van der Waals surface area contributed by atoms with Crippen LogP contribution >= 0.6 is 0 Å². The van der Waals surface area contributed by atoms with Crippen LogP contribution in [0, 0.1) is 50.2 Å². The highest BCUT2D eigenvalue weighted by molar-refractivity contribution is 5.36. The molecular formula is C42H68O14. The summed E-state index contributed by atoms with van der Waals surface area (Å²) in [6, 6.07) is 0. The number of ether oxygens (including phenoxy) is 5. The Morgan fingerprint density at radius 3 is 2.11 bits per heavy atom. The molecule has 0 aromatic rings. The van der Waals surface area contributed by atoms with Gasteiger partial charge < -0.3 is 69.6 Å². The summed E-state index contributed by atoms with van der Waals surface area (Å²) in [4.78, 5) is 0. The minimum Gasteiger partial charge on any atom is -0.396 e. The summed E-state index contributed by atoms with van der Waals surface area (Å²) in [7, 11) is 0. The van der Waals surface area contributed by atoms with Crippen LogP contribution in [0.1, 0.15) is 93.4 Å². The molecule has 0 aromatic carbocycles. The highest BCUT2D eigenvalue weighted by Gasteiger charge is 2.79. The Balaban J connectivity index is 1.08. The summed E-state index contributed by atoms with van der Waals surface area (Å²) in [5, 5.41) is 98.1. The van der Waals surface area contributed by atoms with Gasteiger partial charge in [-0.3, -0.25) is 0 Å². The van der Waals surface area contributed by atoms with Crippen LogP contribution in [0.15, 0.2) is 12.2 Å². The first-order valence-electron chi connectivity index (χ1n) is 21.0. The zero-order chi connectivity index (χ0) is 40.8. The van der Waals surface area contributed by atoms with Gasteiger partial charge in [0.1, 0.15) is 42.7 Å². The molecule has 320 valence electrons. The predicted octanol–water partition coefficient (Wildman–Crippen LogP) is 0.748. The molecule has 3 saturated heterocycles. The molecular weight excluding hydrogens is 728 g/mol. The second kappa shape index (κ2) is 13.6. The van der Waals surface area contributed by atoms with Gasteiger partial charge in [-0.25, -0.2) is 0 Å². The Bertz CT molecular complexity index is 1530. The molecule has 14 nitrogen and oxygen atoms in total. The quantitative estimate of drug-likeness (QED) is 0.134. The van der Waals surface area contributed by atoms with Crippen molar-refractivity contribution in [2.45, 2.75) is 179 Å². The molecule has 14 heteroatoms. The molecule has 56 heavy (non-hydrogen) atoms. The van der Waals surface area contributed by atoms with E-state index in [9.17, 15) is 46.0 Å². The zero-order valence-corrected chi connectivity index (χ0v) is 34.0. The summed E-state index contributed by atoms with van der Waals surface area (Å²) in [5.41, 5.74) is -3.10. The highest BCUT2D eigenvalue weighted by atomic mass is 16.8. The number of aliphatic hydroxyl groups excluding tert-OH is 9. The first kappa shape index (κ1) is 41.9. The number of hydrogen-bond donors (Lipinski definition) is 9. The van der Waals surface area contributed by atoms with E-state index in [0.29, 0.717) is 25.9 Å². The Labute approximate surface area is 330 Å². The van der Waals surface area contributed by atoms with Crippen molar-refractivity contribution in [3.05, 3.63) is 12.2 Å².